The average molecular weight is 406 g/mol. The largest absolute Gasteiger partial charge is 0.351 e. The number of aromatic nitrogens is 4. The molecule has 4 rings (SSSR count). The summed E-state index contributed by atoms with van der Waals surface area (Å²) in [6.07, 6.45) is 1.78. The van der Waals surface area contributed by atoms with Crippen LogP contribution in [0.2, 0.25) is 0 Å². The van der Waals surface area contributed by atoms with Gasteiger partial charge >= 0.3 is 5.69 Å². The van der Waals surface area contributed by atoms with E-state index >= 15 is 0 Å². The molecule has 0 aliphatic carbocycles. The van der Waals surface area contributed by atoms with Gasteiger partial charge < -0.3 is 14.9 Å². The van der Waals surface area contributed by atoms with Crippen molar-refractivity contribution in [2.45, 2.75) is 18.2 Å². The number of piperazine rings is 1. The van der Waals surface area contributed by atoms with Gasteiger partial charge in [0.05, 0.1) is 21.6 Å². The molecule has 2 N–H and O–H groups in total. The second-order valence-electron chi connectivity index (χ2n) is 6.49. The maximum Gasteiger partial charge on any atom is 0.323 e. The van der Waals surface area contributed by atoms with E-state index in [0.29, 0.717) is 36.2 Å². The Morgan fingerprint density at radius 2 is 1.82 bits per heavy atom. The topological polar surface area (TPSA) is 115 Å². The molecule has 3 heterocycles. The zero-order valence-corrected chi connectivity index (χ0v) is 16.0. The Hall–Kier alpha value is -2.79. The molecule has 1 aromatic carbocycles. The zero-order chi connectivity index (χ0) is 19.9. The van der Waals surface area contributed by atoms with Gasteiger partial charge in [-0.3, -0.25) is 0 Å². The van der Waals surface area contributed by atoms with Gasteiger partial charge in [0, 0.05) is 26.2 Å². The first kappa shape index (κ1) is 18.6. The highest BCUT2D eigenvalue weighted by Crippen LogP contribution is 2.24. The van der Waals surface area contributed by atoms with Crippen molar-refractivity contribution in [1.82, 2.24) is 24.2 Å². The lowest BCUT2D eigenvalue weighted by atomic mass is 10.2. The van der Waals surface area contributed by atoms with E-state index in [9.17, 15) is 17.6 Å². The van der Waals surface area contributed by atoms with Crippen molar-refractivity contribution < 1.29 is 12.8 Å². The number of benzene rings is 1. The predicted octanol–water partition coefficient (Wildman–Crippen LogP) is 0.859. The van der Waals surface area contributed by atoms with Crippen molar-refractivity contribution in [1.29, 1.82) is 0 Å². The van der Waals surface area contributed by atoms with E-state index in [1.807, 2.05) is 6.92 Å². The van der Waals surface area contributed by atoms with Gasteiger partial charge in [0.1, 0.15) is 6.33 Å². The van der Waals surface area contributed by atoms with Crippen LogP contribution >= 0.6 is 0 Å². The summed E-state index contributed by atoms with van der Waals surface area (Å²) in [5, 5.41) is 0. The predicted molar refractivity (Wildman–Crippen MR) is 101 cm³/mol. The van der Waals surface area contributed by atoms with Gasteiger partial charge in [0.15, 0.2) is 11.6 Å². The molecule has 2 aromatic heterocycles. The molecule has 0 unspecified atom stereocenters. The molecule has 148 valence electrons. The molecule has 0 radical (unpaired) electrons. The summed E-state index contributed by atoms with van der Waals surface area (Å²) in [5.74, 6) is -0.251. The molecule has 0 atom stereocenters. The fourth-order valence-corrected chi connectivity index (χ4v) is 4.77. The third-order valence-corrected chi connectivity index (χ3v) is 6.74. The number of imidazole rings is 1. The quantitative estimate of drug-likeness (QED) is 0.664. The van der Waals surface area contributed by atoms with E-state index in [0.717, 1.165) is 0 Å². The van der Waals surface area contributed by atoms with Crippen LogP contribution in [0.25, 0.3) is 11.0 Å². The molecule has 0 spiro atoms. The van der Waals surface area contributed by atoms with Gasteiger partial charge in [-0.1, -0.05) is 6.92 Å². The Morgan fingerprint density at radius 1 is 1.11 bits per heavy atom. The lowest BCUT2D eigenvalue weighted by Crippen LogP contribution is -2.49. The summed E-state index contributed by atoms with van der Waals surface area (Å²) >= 11 is 0. The fraction of sp³-hybridized carbons (Fsp3) is 0.353. The van der Waals surface area contributed by atoms with Gasteiger partial charge in [-0.15, -0.1) is 0 Å². The summed E-state index contributed by atoms with van der Waals surface area (Å²) in [6.45, 7) is 2.86. The number of rotatable bonds is 4. The molecule has 0 bridgehead atoms. The third-order valence-electron chi connectivity index (χ3n) is 4.84. The van der Waals surface area contributed by atoms with Crippen LogP contribution in [0.15, 0.2) is 34.2 Å². The maximum absolute atomic E-state index is 14.5. The summed E-state index contributed by atoms with van der Waals surface area (Å²) in [5.41, 5.74) is 0.921. The lowest BCUT2D eigenvalue weighted by Gasteiger charge is -2.34. The first-order valence-electron chi connectivity index (χ1n) is 8.86. The Kier molecular flexibility index (Phi) is 4.63. The number of hydrogen-bond acceptors (Lipinski definition) is 6. The first-order valence-corrected chi connectivity index (χ1v) is 10.3. The number of anilines is 1. The highest BCUT2D eigenvalue weighted by atomic mass is 32.2. The molecular weight excluding hydrogens is 387 g/mol. The molecular formula is C17H19FN6O3S. The average Bonchev–Trinajstić information content (AvgIpc) is 3.07. The Morgan fingerprint density at radius 3 is 2.54 bits per heavy atom. The van der Waals surface area contributed by atoms with Crippen molar-refractivity contribution in [3.8, 4) is 0 Å². The molecule has 1 saturated heterocycles. The van der Waals surface area contributed by atoms with Crippen molar-refractivity contribution in [2.24, 2.45) is 0 Å². The van der Waals surface area contributed by atoms with Crippen molar-refractivity contribution in [3.05, 3.63) is 46.5 Å². The van der Waals surface area contributed by atoms with E-state index < -0.39 is 21.5 Å². The number of aromatic amines is 2. The second-order valence-corrected chi connectivity index (χ2v) is 8.43. The van der Waals surface area contributed by atoms with Crippen LogP contribution in [0.1, 0.15) is 12.6 Å². The minimum Gasteiger partial charge on any atom is -0.351 e. The minimum atomic E-state index is -3.73. The van der Waals surface area contributed by atoms with E-state index in [1.54, 1.807) is 11.0 Å². The van der Waals surface area contributed by atoms with Crippen LogP contribution < -0.4 is 10.6 Å². The molecule has 1 aliphatic rings. The fourth-order valence-electron chi connectivity index (χ4n) is 3.32. The Labute approximate surface area is 160 Å². The zero-order valence-electron chi connectivity index (χ0n) is 15.1. The minimum absolute atomic E-state index is 0.102. The first-order chi connectivity index (χ1) is 13.4. The molecule has 28 heavy (non-hydrogen) atoms. The van der Waals surface area contributed by atoms with Crippen LogP contribution in [-0.4, -0.2) is 58.8 Å². The molecule has 1 fully saturated rings. The number of nitrogens with zero attached hydrogens (tertiary/aromatic N) is 4. The number of nitrogens with one attached hydrogen (secondary N) is 2. The van der Waals surface area contributed by atoms with Gasteiger partial charge in [-0.25, -0.2) is 27.6 Å². The van der Waals surface area contributed by atoms with E-state index in [1.165, 1.54) is 22.8 Å². The lowest BCUT2D eigenvalue weighted by molar-refractivity contribution is 0.381. The molecule has 11 heteroatoms. The SMILES string of the molecule is CCc1ncnc(N2CCN(S(=O)(=O)c3ccc4[nH]c(=O)[nH]c4c3)CC2)c1F. The van der Waals surface area contributed by atoms with Gasteiger partial charge in [-0.05, 0) is 24.6 Å². The number of halogens is 1. The van der Waals surface area contributed by atoms with Crippen LogP contribution in [-0.2, 0) is 16.4 Å². The van der Waals surface area contributed by atoms with E-state index in [-0.39, 0.29) is 23.8 Å². The van der Waals surface area contributed by atoms with Crippen LogP contribution in [0.3, 0.4) is 0 Å². The Balaban J connectivity index is 1.54. The smallest absolute Gasteiger partial charge is 0.323 e. The molecule has 0 saturated carbocycles. The summed E-state index contributed by atoms with van der Waals surface area (Å²) in [7, 11) is -3.73. The molecule has 0 amide bonds. The summed E-state index contributed by atoms with van der Waals surface area (Å²) in [6, 6.07) is 4.46. The highest BCUT2D eigenvalue weighted by Gasteiger charge is 2.30. The Bertz CT molecular complexity index is 1180. The van der Waals surface area contributed by atoms with Gasteiger partial charge in [0.2, 0.25) is 10.0 Å². The monoisotopic (exact) mass is 406 g/mol. The summed E-state index contributed by atoms with van der Waals surface area (Å²) < 4.78 is 41.7. The van der Waals surface area contributed by atoms with Gasteiger partial charge in [0.25, 0.3) is 0 Å². The van der Waals surface area contributed by atoms with E-state index in [2.05, 4.69) is 19.9 Å². The molecule has 3 aromatic rings. The second kappa shape index (κ2) is 6.99. The van der Waals surface area contributed by atoms with E-state index in [4.69, 9.17) is 0 Å². The summed E-state index contributed by atoms with van der Waals surface area (Å²) in [4.78, 5) is 26.3. The van der Waals surface area contributed by atoms with Crippen LogP contribution in [0.4, 0.5) is 10.2 Å². The van der Waals surface area contributed by atoms with Crippen LogP contribution in [0.5, 0.6) is 0 Å². The van der Waals surface area contributed by atoms with Crippen molar-refractivity contribution in [3.63, 3.8) is 0 Å². The number of aryl methyl sites for hydroxylation is 1. The van der Waals surface area contributed by atoms with Crippen LogP contribution in [0, 0.1) is 5.82 Å². The number of fused-ring (bicyclic) bond motifs is 1. The number of hydrogen-bond donors (Lipinski definition) is 2. The maximum atomic E-state index is 14.5. The standard InChI is InChI=1S/C17H19FN6O3S/c1-2-12-15(18)16(20-10-19-12)23-5-7-24(8-6-23)28(26,27)11-3-4-13-14(9-11)22-17(25)21-13/h3-4,9-10H,2,5-8H2,1H3,(H2,21,22,25). The van der Waals surface area contributed by atoms with Crippen molar-refractivity contribution in [2.75, 3.05) is 31.1 Å². The molecule has 1 aliphatic heterocycles. The highest BCUT2D eigenvalue weighted by molar-refractivity contribution is 7.89. The van der Waals surface area contributed by atoms with Crippen molar-refractivity contribution >= 4 is 26.9 Å². The number of sulfonamides is 1. The number of H-pyrrole nitrogens is 2. The third kappa shape index (κ3) is 3.16. The molecule has 9 nitrogen and oxygen atoms in total. The normalized spacial score (nSPS) is 16.0. The van der Waals surface area contributed by atoms with Gasteiger partial charge in [-0.2, -0.15) is 4.31 Å².